The van der Waals surface area contributed by atoms with Crippen molar-refractivity contribution >= 4 is 21.6 Å². The molecular formula is C17H24N2O3S. The summed E-state index contributed by atoms with van der Waals surface area (Å²) in [6.07, 6.45) is 1.06. The van der Waals surface area contributed by atoms with Crippen LogP contribution in [0.3, 0.4) is 0 Å². The first-order valence-corrected chi connectivity index (χ1v) is 9.52. The number of amides is 1. The highest BCUT2D eigenvalue weighted by atomic mass is 32.2. The number of benzene rings is 1. The van der Waals surface area contributed by atoms with Crippen LogP contribution in [0.2, 0.25) is 0 Å². The Bertz CT molecular complexity index is 745. The third-order valence-corrected chi connectivity index (χ3v) is 6.78. The molecular weight excluding hydrogens is 312 g/mol. The molecule has 2 aliphatic rings. The molecule has 2 heterocycles. The van der Waals surface area contributed by atoms with Gasteiger partial charge in [-0.2, -0.15) is 4.31 Å². The van der Waals surface area contributed by atoms with Gasteiger partial charge in [0.1, 0.15) is 0 Å². The summed E-state index contributed by atoms with van der Waals surface area (Å²) >= 11 is 0. The summed E-state index contributed by atoms with van der Waals surface area (Å²) in [5.74, 6) is 0.632. The van der Waals surface area contributed by atoms with Crippen LogP contribution in [0.25, 0.3) is 0 Å². The minimum atomic E-state index is -3.52. The molecule has 0 aliphatic carbocycles. The van der Waals surface area contributed by atoms with Crippen LogP contribution in [0.5, 0.6) is 0 Å². The van der Waals surface area contributed by atoms with Crippen LogP contribution in [0.4, 0.5) is 5.69 Å². The van der Waals surface area contributed by atoms with E-state index in [2.05, 4.69) is 19.2 Å². The van der Waals surface area contributed by atoms with Crippen molar-refractivity contribution in [2.45, 2.75) is 44.4 Å². The predicted octanol–water partition coefficient (Wildman–Crippen LogP) is 2.58. The molecule has 0 aromatic heterocycles. The number of piperidine rings is 1. The van der Waals surface area contributed by atoms with E-state index >= 15 is 0 Å². The number of hydrogen-bond acceptors (Lipinski definition) is 3. The van der Waals surface area contributed by atoms with E-state index in [1.807, 2.05) is 13.8 Å². The molecule has 0 saturated carbocycles. The summed E-state index contributed by atoms with van der Waals surface area (Å²) in [6.45, 7) is 8.93. The minimum absolute atomic E-state index is 0.0951. The van der Waals surface area contributed by atoms with Gasteiger partial charge in [0.15, 0.2) is 0 Å². The maximum atomic E-state index is 13.0. The summed E-state index contributed by atoms with van der Waals surface area (Å²) in [6, 6.07) is 4.96. The van der Waals surface area contributed by atoms with Crippen molar-refractivity contribution in [1.29, 1.82) is 0 Å². The zero-order valence-electron chi connectivity index (χ0n) is 14.1. The molecule has 126 valence electrons. The molecule has 1 saturated heterocycles. The molecule has 5 nitrogen and oxygen atoms in total. The molecule has 3 rings (SSSR count). The highest BCUT2D eigenvalue weighted by molar-refractivity contribution is 7.89. The average Bonchev–Trinajstić information content (AvgIpc) is 2.68. The van der Waals surface area contributed by atoms with Crippen LogP contribution < -0.4 is 5.32 Å². The van der Waals surface area contributed by atoms with Crippen molar-refractivity contribution in [3.8, 4) is 0 Å². The number of hydrogen-bond donors (Lipinski definition) is 1. The van der Waals surface area contributed by atoms with E-state index in [0.29, 0.717) is 30.6 Å². The number of rotatable bonds is 2. The van der Waals surface area contributed by atoms with Crippen molar-refractivity contribution in [3.05, 3.63) is 23.8 Å². The Morgan fingerprint density at radius 3 is 2.39 bits per heavy atom. The molecule has 6 heteroatoms. The normalized spacial score (nSPS) is 27.6. The van der Waals surface area contributed by atoms with Crippen molar-refractivity contribution in [2.24, 2.45) is 11.8 Å². The Morgan fingerprint density at radius 2 is 1.78 bits per heavy atom. The zero-order chi connectivity index (χ0) is 17.0. The van der Waals surface area contributed by atoms with E-state index < -0.39 is 15.4 Å². The smallest absolute Gasteiger partial charge is 0.243 e. The Hall–Kier alpha value is -1.40. The maximum absolute atomic E-state index is 13.0. The van der Waals surface area contributed by atoms with E-state index in [9.17, 15) is 13.2 Å². The topological polar surface area (TPSA) is 66.5 Å². The molecule has 1 N–H and O–H groups in total. The van der Waals surface area contributed by atoms with Gasteiger partial charge in [0.05, 0.1) is 10.3 Å². The SMILES string of the molecule is C[C@H]1C[C@H](C)CN(S(=O)(=O)c2ccc3c(c2)C(C)(C)C(=O)N3)C1. The first-order valence-electron chi connectivity index (χ1n) is 8.08. The van der Waals surface area contributed by atoms with Crippen molar-refractivity contribution in [2.75, 3.05) is 18.4 Å². The van der Waals surface area contributed by atoms with Crippen molar-refractivity contribution in [3.63, 3.8) is 0 Å². The fourth-order valence-electron chi connectivity index (χ4n) is 3.66. The van der Waals surface area contributed by atoms with E-state index in [0.717, 1.165) is 12.0 Å². The fraction of sp³-hybridized carbons (Fsp3) is 0.588. The number of anilines is 1. The quantitative estimate of drug-likeness (QED) is 0.903. The molecule has 0 bridgehead atoms. The van der Waals surface area contributed by atoms with E-state index in [4.69, 9.17) is 0 Å². The highest BCUT2D eigenvalue weighted by Crippen LogP contribution is 2.39. The van der Waals surface area contributed by atoms with Crippen molar-refractivity contribution in [1.82, 2.24) is 4.31 Å². The summed E-state index contributed by atoms with van der Waals surface area (Å²) in [7, 11) is -3.52. The molecule has 2 atom stereocenters. The van der Waals surface area contributed by atoms with Gasteiger partial charge in [0.25, 0.3) is 0 Å². The van der Waals surface area contributed by atoms with Crippen molar-refractivity contribution < 1.29 is 13.2 Å². The van der Waals surface area contributed by atoms with Gasteiger partial charge in [-0.25, -0.2) is 8.42 Å². The predicted molar refractivity (Wildman–Crippen MR) is 89.8 cm³/mol. The average molecular weight is 336 g/mol. The van der Waals surface area contributed by atoms with E-state index in [1.165, 1.54) is 0 Å². The first-order chi connectivity index (χ1) is 10.6. The molecule has 1 amide bonds. The second kappa shape index (κ2) is 5.31. The van der Waals surface area contributed by atoms with Gasteiger partial charge in [-0.3, -0.25) is 4.79 Å². The third-order valence-electron chi connectivity index (χ3n) is 4.95. The first kappa shape index (κ1) is 16.5. The molecule has 2 aliphatic heterocycles. The van der Waals surface area contributed by atoms with Gasteiger partial charge in [0, 0.05) is 18.8 Å². The second-order valence-corrected chi connectivity index (χ2v) is 9.49. The zero-order valence-corrected chi connectivity index (χ0v) is 14.9. The monoisotopic (exact) mass is 336 g/mol. The van der Waals surface area contributed by atoms with Crippen LogP contribution in [0.15, 0.2) is 23.1 Å². The highest BCUT2D eigenvalue weighted by Gasteiger charge is 2.40. The number of carbonyl (C=O) groups is 1. The largest absolute Gasteiger partial charge is 0.325 e. The number of nitrogens with one attached hydrogen (secondary N) is 1. The lowest BCUT2D eigenvalue weighted by atomic mass is 9.86. The number of sulfonamides is 1. The summed E-state index contributed by atoms with van der Waals surface area (Å²) < 4.78 is 27.6. The number of fused-ring (bicyclic) bond motifs is 1. The number of carbonyl (C=O) groups excluding carboxylic acids is 1. The Kier molecular flexibility index (Phi) is 3.80. The lowest BCUT2D eigenvalue weighted by Crippen LogP contribution is -2.42. The Balaban J connectivity index is 1.99. The van der Waals surface area contributed by atoms with Gasteiger partial charge in [0.2, 0.25) is 15.9 Å². The van der Waals surface area contributed by atoms with Crippen LogP contribution in [0.1, 0.15) is 39.7 Å². The van der Waals surface area contributed by atoms with E-state index in [-0.39, 0.29) is 10.8 Å². The summed E-state index contributed by atoms with van der Waals surface area (Å²) in [4.78, 5) is 12.3. The van der Waals surface area contributed by atoms with Gasteiger partial charge >= 0.3 is 0 Å². The third kappa shape index (κ3) is 2.68. The molecule has 0 radical (unpaired) electrons. The number of nitrogens with zero attached hydrogens (tertiary/aromatic N) is 1. The molecule has 1 aromatic carbocycles. The second-order valence-electron chi connectivity index (χ2n) is 7.55. The van der Waals surface area contributed by atoms with Crippen LogP contribution >= 0.6 is 0 Å². The van der Waals surface area contributed by atoms with Crippen LogP contribution in [0, 0.1) is 11.8 Å². The molecule has 1 fully saturated rings. The molecule has 1 aromatic rings. The lowest BCUT2D eigenvalue weighted by molar-refractivity contribution is -0.119. The molecule has 0 spiro atoms. The summed E-state index contributed by atoms with van der Waals surface area (Å²) in [5.41, 5.74) is 0.754. The maximum Gasteiger partial charge on any atom is 0.243 e. The molecule has 0 unspecified atom stereocenters. The van der Waals surface area contributed by atoms with Crippen LogP contribution in [-0.4, -0.2) is 31.7 Å². The van der Waals surface area contributed by atoms with Gasteiger partial charge in [-0.05, 0) is 55.9 Å². The van der Waals surface area contributed by atoms with Gasteiger partial charge in [-0.15, -0.1) is 0 Å². The summed E-state index contributed by atoms with van der Waals surface area (Å²) in [5, 5.41) is 2.81. The molecule has 23 heavy (non-hydrogen) atoms. The van der Waals surface area contributed by atoms with Crippen LogP contribution in [-0.2, 0) is 20.2 Å². The Morgan fingerprint density at radius 1 is 1.17 bits per heavy atom. The standard InChI is InChI=1S/C17H24N2O3S/c1-11-7-12(2)10-19(9-11)23(21,22)13-5-6-15-14(8-13)17(3,4)16(20)18-15/h5-6,8,11-12H,7,9-10H2,1-4H3,(H,18,20)/t11-,12-/m0/s1. The Labute approximate surface area is 138 Å². The van der Waals surface area contributed by atoms with Gasteiger partial charge in [-0.1, -0.05) is 13.8 Å². The fourth-order valence-corrected chi connectivity index (χ4v) is 5.37. The lowest BCUT2D eigenvalue weighted by Gasteiger charge is -2.34. The van der Waals surface area contributed by atoms with Gasteiger partial charge < -0.3 is 5.32 Å². The minimum Gasteiger partial charge on any atom is -0.325 e. The van der Waals surface area contributed by atoms with E-state index in [1.54, 1.807) is 22.5 Å².